The number of rotatable bonds is 6. The minimum Gasteiger partial charge on any atom is -0.350 e. The van der Waals surface area contributed by atoms with Gasteiger partial charge in [0.2, 0.25) is 11.4 Å². The molecule has 0 unspecified atom stereocenters. The molecule has 2 aromatic carbocycles. The summed E-state index contributed by atoms with van der Waals surface area (Å²) in [6.45, 7) is 5.88. The van der Waals surface area contributed by atoms with Crippen molar-refractivity contribution in [2.75, 3.05) is 11.3 Å². The molecule has 33 heavy (non-hydrogen) atoms. The number of fused-ring (bicyclic) bond motifs is 1. The van der Waals surface area contributed by atoms with Crippen LogP contribution in [0.4, 0.5) is 0 Å². The topological polar surface area (TPSA) is 91.9 Å². The Labute approximate surface area is 199 Å². The van der Waals surface area contributed by atoms with Crippen molar-refractivity contribution >= 4 is 40.2 Å². The second-order valence-electron chi connectivity index (χ2n) is 7.79. The maximum Gasteiger partial charge on any atom is 0.322 e. The number of halogens is 1. The molecule has 1 amide bonds. The normalized spacial score (nSPS) is 11.0. The Bertz CT molecular complexity index is 1360. The SMILES string of the molecule is Cc1cc(C)[n+](NC(=O)c2[nH]c3ccc(SC[N+](=O)[O-])cc3c2-c2ccc(Cl)cc2)c(C)c1. The van der Waals surface area contributed by atoms with Crippen LogP contribution in [-0.4, -0.2) is 21.7 Å². The summed E-state index contributed by atoms with van der Waals surface area (Å²) in [5, 5.41) is 12.2. The first kappa shape index (κ1) is 22.8. The third-order valence-corrected chi connectivity index (χ3v) is 6.44. The second-order valence-corrected chi connectivity index (χ2v) is 9.24. The van der Waals surface area contributed by atoms with Crippen LogP contribution < -0.4 is 10.1 Å². The Hall–Kier alpha value is -3.36. The van der Waals surface area contributed by atoms with Crippen molar-refractivity contribution in [1.82, 2.24) is 4.98 Å². The van der Waals surface area contributed by atoms with E-state index in [0.717, 1.165) is 50.1 Å². The van der Waals surface area contributed by atoms with Crippen LogP contribution >= 0.6 is 23.4 Å². The van der Waals surface area contributed by atoms with E-state index in [1.807, 2.05) is 63.2 Å². The number of aryl methyl sites for hydroxylation is 3. The van der Waals surface area contributed by atoms with Crippen molar-refractivity contribution in [3.05, 3.63) is 92.4 Å². The molecule has 2 N–H and O–H groups in total. The number of nitro groups is 1. The van der Waals surface area contributed by atoms with E-state index in [4.69, 9.17) is 11.6 Å². The monoisotopic (exact) mass is 481 g/mol. The van der Waals surface area contributed by atoms with Crippen LogP contribution in [0.25, 0.3) is 22.0 Å². The number of aromatic nitrogens is 2. The van der Waals surface area contributed by atoms with Gasteiger partial charge in [-0.1, -0.05) is 28.4 Å². The van der Waals surface area contributed by atoms with Gasteiger partial charge in [0.05, 0.1) is 0 Å². The summed E-state index contributed by atoms with van der Waals surface area (Å²) < 4.78 is 1.75. The molecule has 0 saturated carbocycles. The lowest BCUT2D eigenvalue weighted by molar-refractivity contribution is -0.654. The van der Waals surface area contributed by atoms with Gasteiger partial charge in [0.1, 0.15) is 5.69 Å². The van der Waals surface area contributed by atoms with E-state index in [1.165, 1.54) is 0 Å². The molecule has 0 fully saturated rings. The highest BCUT2D eigenvalue weighted by Crippen LogP contribution is 2.35. The van der Waals surface area contributed by atoms with E-state index < -0.39 is 0 Å². The van der Waals surface area contributed by atoms with Gasteiger partial charge in [0, 0.05) is 57.3 Å². The summed E-state index contributed by atoms with van der Waals surface area (Å²) >= 11 is 7.22. The molecule has 0 saturated heterocycles. The number of aromatic amines is 1. The first-order valence-electron chi connectivity index (χ1n) is 10.2. The first-order valence-corrected chi connectivity index (χ1v) is 11.6. The number of nitrogens with zero attached hydrogens (tertiary/aromatic N) is 2. The Morgan fingerprint density at radius 2 is 1.76 bits per heavy atom. The number of H-pyrrole nitrogens is 1. The number of carbonyl (C=O) groups excluding carboxylic acids is 1. The highest BCUT2D eigenvalue weighted by Gasteiger charge is 2.24. The van der Waals surface area contributed by atoms with Gasteiger partial charge >= 0.3 is 5.91 Å². The summed E-state index contributed by atoms with van der Waals surface area (Å²) in [7, 11) is 0. The van der Waals surface area contributed by atoms with Crippen LogP contribution in [0.5, 0.6) is 0 Å². The maximum atomic E-state index is 13.5. The van der Waals surface area contributed by atoms with E-state index in [1.54, 1.807) is 16.8 Å². The van der Waals surface area contributed by atoms with Crippen molar-refractivity contribution in [3.8, 4) is 11.1 Å². The number of benzene rings is 2. The lowest BCUT2D eigenvalue weighted by Crippen LogP contribution is -2.53. The van der Waals surface area contributed by atoms with Crippen molar-refractivity contribution in [2.45, 2.75) is 25.7 Å². The van der Waals surface area contributed by atoms with E-state index in [9.17, 15) is 14.9 Å². The van der Waals surface area contributed by atoms with E-state index in [2.05, 4.69) is 10.4 Å². The molecule has 0 bridgehead atoms. The molecule has 0 atom stereocenters. The fourth-order valence-corrected chi connectivity index (χ4v) is 4.66. The third-order valence-electron chi connectivity index (χ3n) is 5.26. The van der Waals surface area contributed by atoms with Gasteiger partial charge < -0.3 is 4.98 Å². The largest absolute Gasteiger partial charge is 0.350 e. The van der Waals surface area contributed by atoms with Crippen LogP contribution in [0, 0.1) is 30.9 Å². The molecule has 7 nitrogen and oxygen atoms in total. The number of amides is 1. The lowest BCUT2D eigenvalue weighted by atomic mass is 10.0. The molecule has 9 heteroatoms. The van der Waals surface area contributed by atoms with Gasteiger partial charge in [-0.05, 0) is 60.1 Å². The second kappa shape index (κ2) is 9.25. The van der Waals surface area contributed by atoms with Gasteiger partial charge in [-0.25, -0.2) is 0 Å². The number of carbonyl (C=O) groups is 1. The van der Waals surface area contributed by atoms with E-state index in [-0.39, 0.29) is 16.7 Å². The highest BCUT2D eigenvalue weighted by atomic mass is 35.5. The fourth-order valence-electron chi connectivity index (χ4n) is 3.92. The standard InChI is InChI=1S/C24H21ClN4O3S/c1-14-10-15(2)29(16(3)11-14)27-24(30)23-22(17-4-6-18(25)7-5-17)20-12-19(33-13-28(31)32)8-9-21(20)26-23/h4-12H,13H2,1-3H3,(H-,26,27,30)/p+1. The zero-order valence-corrected chi connectivity index (χ0v) is 19.9. The Morgan fingerprint density at radius 3 is 2.39 bits per heavy atom. The van der Waals surface area contributed by atoms with Crippen LogP contribution in [0.2, 0.25) is 5.02 Å². The predicted octanol–water partition coefficient (Wildman–Crippen LogP) is 5.41. The highest BCUT2D eigenvalue weighted by molar-refractivity contribution is 7.99. The quantitative estimate of drug-likeness (QED) is 0.127. The molecular formula is C24H22ClN4O3S+. The lowest BCUT2D eigenvalue weighted by Gasteiger charge is -2.08. The first-order chi connectivity index (χ1) is 15.7. The predicted molar refractivity (Wildman–Crippen MR) is 131 cm³/mol. The van der Waals surface area contributed by atoms with Crippen LogP contribution in [0.3, 0.4) is 0 Å². The minimum atomic E-state index is -0.367. The number of nitrogens with one attached hydrogen (secondary N) is 2. The number of hydrogen-bond acceptors (Lipinski definition) is 4. The van der Waals surface area contributed by atoms with Crippen molar-refractivity contribution in [2.24, 2.45) is 0 Å². The molecule has 168 valence electrons. The summed E-state index contributed by atoms with van der Waals surface area (Å²) in [5.74, 6) is -0.530. The average Bonchev–Trinajstić information content (AvgIpc) is 3.14. The van der Waals surface area contributed by atoms with Gasteiger partial charge in [0.15, 0.2) is 0 Å². The van der Waals surface area contributed by atoms with Crippen molar-refractivity contribution in [1.29, 1.82) is 0 Å². The maximum absolute atomic E-state index is 13.5. The van der Waals surface area contributed by atoms with Gasteiger partial charge in [-0.3, -0.25) is 14.9 Å². The van der Waals surface area contributed by atoms with E-state index >= 15 is 0 Å². The van der Waals surface area contributed by atoms with Gasteiger partial charge in [-0.15, -0.1) is 5.43 Å². The average molecular weight is 482 g/mol. The third kappa shape index (κ3) is 4.86. The van der Waals surface area contributed by atoms with Crippen LogP contribution in [-0.2, 0) is 0 Å². The van der Waals surface area contributed by atoms with Crippen molar-refractivity contribution in [3.63, 3.8) is 0 Å². The molecule has 0 aliphatic heterocycles. The fraction of sp³-hybridized carbons (Fsp3) is 0.167. The zero-order valence-electron chi connectivity index (χ0n) is 18.3. The molecule has 2 aromatic heterocycles. The molecule has 0 radical (unpaired) electrons. The Kier molecular flexibility index (Phi) is 6.40. The molecule has 4 aromatic rings. The van der Waals surface area contributed by atoms with Crippen LogP contribution in [0.1, 0.15) is 27.4 Å². The minimum absolute atomic E-state index is 0.234. The molecule has 0 aliphatic carbocycles. The summed E-state index contributed by atoms with van der Waals surface area (Å²) in [6, 6.07) is 16.8. The Morgan fingerprint density at radius 1 is 1.09 bits per heavy atom. The molecule has 0 aliphatic rings. The summed E-state index contributed by atoms with van der Waals surface area (Å²) in [4.78, 5) is 27.9. The Balaban J connectivity index is 1.83. The number of hydrogen-bond donors (Lipinski definition) is 2. The van der Waals surface area contributed by atoms with Gasteiger partial charge in [-0.2, -0.15) is 0 Å². The van der Waals surface area contributed by atoms with E-state index in [0.29, 0.717) is 16.3 Å². The summed E-state index contributed by atoms with van der Waals surface area (Å²) in [6.07, 6.45) is 0. The molecule has 0 spiro atoms. The molecule has 2 heterocycles. The molecule has 4 rings (SSSR count). The zero-order chi connectivity index (χ0) is 23.7. The smallest absolute Gasteiger partial charge is 0.322 e. The number of pyridine rings is 1. The van der Waals surface area contributed by atoms with Crippen molar-refractivity contribution < 1.29 is 14.4 Å². The molecular weight excluding hydrogens is 460 g/mol. The van der Waals surface area contributed by atoms with Crippen LogP contribution in [0.15, 0.2) is 59.5 Å². The number of thioether (sulfide) groups is 1. The summed E-state index contributed by atoms with van der Waals surface area (Å²) in [5.41, 5.74) is 8.60. The van der Waals surface area contributed by atoms with Gasteiger partial charge in [0.25, 0.3) is 5.88 Å².